The van der Waals surface area contributed by atoms with Crippen LogP contribution in [0.1, 0.15) is 31.4 Å². The Kier molecular flexibility index (Phi) is 3.19. The molecule has 0 spiro atoms. The van der Waals surface area contributed by atoms with Crippen molar-refractivity contribution in [2.45, 2.75) is 25.8 Å². The largest absolute Gasteiger partial charge is 0.310 e. The summed E-state index contributed by atoms with van der Waals surface area (Å²) < 4.78 is 2.22. The number of nitrogens with zero attached hydrogens (tertiary/aromatic N) is 1. The minimum Gasteiger partial charge on any atom is -0.310 e. The van der Waals surface area contributed by atoms with Gasteiger partial charge in [-0.15, -0.1) is 11.3 Å². The summed E-state index contributed by atoms with van der Waals surface area (Å²) in [5, 5.41) is 3.62. The van der Waals surface area contributed by atoms with Gasteiger partial charge in [0.25, 0.3) is 0 Å². The molecule has 1 saturated heterocycles. The van der Waals surface area contributed by atoms with Crippen LogP contribution in [-0.2, 0) is 0 Å². The average molecular weight is 311 g/mol. The second-order valence-electron chi connectivity index (χ2n) is 4.84. The lowest BCUT2D eigenvalue weighted by Crippen LogP contribution is -2.31. The monoisotopic (exact) mass is 310 g/mol. The van der Waals surface area contributed by atoms with E-state index in [0.29, 0.717) is 6.04 Å². The zero-order valence-electron chi connectivity index (χ0n) is 9.74. The summed E-state index contributed by atoms with van der Waals surface area (Å²) in [7, 11) is 0. The molecule has 2 unspecified atom stereocenters. The summed E-state index contributed by atoms with van der Waals surface area (Å²) >= 11 is 5.14. The molecule has 0 bridgehead atoms. The molecule has 2 aromatic rings. The fourth-order valence-corrected chi connectivity index (χ4v) is 3.80. The van der Waals surface area contributed by atoms with Gasteiger partial charge in [-0.1, -0.05) is 13.0 Å². The Morgan fingerprint density at radius 1 is 1.41 bits per heavy atom. The first kappa shape index (κ1) is 11.6. The summed E-state index contributed by atoms with van der Waals surface area (Å²) in [6, 6.07) is 7.16. The highest BCUT2D eigenvalue weighted by Gasteiger charge is 2.19. The fraction of sp³-hybridized carbons (Fsp3) is 0.462. The number of benzene rings is 1. The molecule has 3 rings (SSSR count). The second kappa shape index (κ2) is 4.67. The first-order valence-electron chi connectivity index (χ1n) is 6.02. The van der Waals surface area contributed by atoms with Gasteiger partial charge >= 0.3 is 0 Å². The summed E-state index contributed by atoms with van der Waals surface area (Å²) in [6.07, 6.45) is 2.55. The van der Waals surface area contributed by atoms with E-state index in [1.807, 2.05) is 0 Å². The molecule has 0 amide bonds. The van der Waals surface area contributed by atoms with E-state index in [2.05, 4.69) is 51.4 Å². The molecule has 1 aliphatic heterocycles. The molecule has 90 valence electrons. The van der Waals surface area contributed by atoms with Crippen molar-refractivity contribution in [3.8, 4) is 0 Å². The van der Waals surface area contributed by atoms with Crippen LogP contribution in [0.3, 0.4) is 0 Å². The highest BCUT2D eigenvalue weighted by Crippen LogP contribution is 2.31. The number of hydrogen-bond acceptors (Lipinski definition) is 3. The predicted molar refractivity (Wildman–Crippen MR) is 76.5 cm³/mol. The van der Waals surface area contributed by atoms with Crippen molar-refractivity contribution in [1.29, 1.82) is 0 Å². The van der Waals surface area contributed by atoms with Gasteiger partial charge in [-0.25, -0.2) is 4.98 Å². The van der Waals surface area contributed by atoms with Gasteiger partial charge in [-0.05, 0) is 58.9 Å². The minimum atomic E-state index is 0.510. The second-order valence-corrected chi connectivity index (χ2v) is 7.14. The molecule has 1 N–H and O–H groups in total. The highest BCUT2D eigenvalue weighted by atomic mass is 79.9. The van der Waals surface area contributed by atoms with Crippen molar-refractivity contribution in [2.24, 2.45) is 5.92 Å². The molecule has 2 nitrogen and oxygen atoms in total. The van der Waals surface area contributed by atoms with Gasteiger partial charge in [0.05, 0.1) is 10.2 Å². The number of nitrogens with one attached hydrogen (secondary N) is 1. The Hall–Kier alpha value is -0.450. The van der Waals surface area contributed by atoms with Gasteiger partial charge in [0.15, 0.2) is 3.92 Å². The molecule has 0 aliphatic carbocycles. The number of thiazole rings is 1. The van der Waals surface area contributed by atoms with Crippen molar-refractivity contribution < 1.29 is 0 Å². The van der Waals surface area contributed by atoms with E-state index in [4.69, 9.17) is 0 Å². The zero-order valence-corrected chi connectivity index (χ0v) is 12.1. The first-order chi connectivity index (χ1) is 8.22. The van der Waals surface area contributed by atoms with Gasteiger partial charge < -0.3 is 5.32 Å². The van der Waals surface area contributed by atoms with E-state index in [9.17, 15) is 0 Å². The topological polar surface area (TPSA) is 24.9 Å². The standard InChI is InChI=1S/C13H15BrN2S/c1-8-2-4-10(15-7-8)9-3-5-12-11(6-9)16-13(14)17-12/h3,5-6,8,10,15H,2,4,7H2,1H3. The van der Waals surface area contributed by atoms with Crippen molar-refractivity contribution in [2.75, 3.05) is 6.54 Å². The Balaban J connectivity index is 1.89. The molecular weight excluding hydrogens is 296 g/mol. The van der Waals surface area contributed by atoms with Crippen molar-refractivity contribution in [3.63, 3.8) is 0 Å². The van der Waals surface area contributed by atoms with E-state index in [-0.39, 0.29) is 0 Å². The molecule has 0 radical (unpaired) electrons. The number of piperidine rings is 1. The van der Waals surface area contributed by atoms with Crippen LogP contribution in [-0.4, -0.2) is 11.5 Å². The van der Waals surface area contributed by atoms with Crippen LogP contribution in [0.5, 0.6) is 0 Å². The van der Waals surface area contributed by atoms with Gasteiger partial charge in [-0.3, -0.25) is 0 Å². The SMILES string of the molecule is CC1CCC(c2ccc3sc(Br)nc3c2)NC1. The van der Waals surface area contributed by atoms with E-state index in [0.717, 1.165) is 21.9 Å². The lowest BCUT2D eigenvalue weighted by atomic mass is 9.92. The van der Waals surface area contributed by atoms with Gasteiger partial charge in [-0.2, -0.15) is 0 Å². The Morgan fingerprint density at radius 3 is 3.06 bits per heavy atom. The molecule has 2 atom stereocenters. The van der Waals surface area contributed by atoms with Crippen molar-refractivity contribution in [1.82, 2.24) is 10.3 Å². The predicted octanol–water partition coefficient (Wildman–Crippen LogP) is 4.12. The van der Waals surface area contributed by atoms with Crippen LogP contribution < -0.4 is 5.32 Å². The normalized spacial score (nSPS) is 25.3. The zero-order chi connectivity index (χ0) is 11.8. The maximum Gasteiger partial charge on any atom is 0.160 e. The molecular formula is C13H15BrN2S. The van der Waals surface area contributed by atoms with Crippen LogP contribution in [0.4, 0.5) is 0 Å². The molecule has 17 heavy (non-hydrogen) atoms. The summed E-state index contributed by atoms with van der Waals surface area (Å²) in [4.78, 5) is 4.49. The lowest BCUT2D eigenvalue weighted by Gasteiger charge is -2.28. The Morgan fingerprint density at radius 2 is 2.29 bits per heavy atom. The van der Waals surface area contributed by atoms with Gasteiger partial charge in [0.1, 0.15) is 0 Å². The summed E-state index contributed by atoms with van der Waals surface area (Å²) in [5.41, 5.74) is 2.49. The smallest absolute Gasteiger partial charge is 0.160 e. The van der Waals surface area contributed by atoms with Crippen molar-refractivity contribution in [3.05, 3.63) is 27.7 Å². The lowest BCUT2D eigenvalue weighted by molar-refractivity contribution is 0.333. The number of rotatable bonds is 1. The van der Waals surface area contributed by atoms with Crippen LogP contribution >= 0.6 is 27.3 Å². The van der Waals surface area contributed by atoms with E-state index >= 15 is 0 Å². The van der Waals surface area contributed by atoms with Gasteiger partial charge in [0.2, 0.25) is 0 Å². The maximum atomic E-state index is 4.49. The van der Waals surface area contributed by atoms with E-state index in [1.54, 1.807) is 11.3 Å². The van der Waals surface area contributed by atoms with E-state index < -0.39 is 0 Å². The van der Waals surface area contributed by atoms with Crippen LogP contribution in [0.15, 0.2) is 22.1 Å². The summed E-state index contributed by atoms with van der Waals surface area (Å²) in [6.45, 7) is 3.44. The quantitative estimate of drug-likeness (QED) is 0.857. The van der Waals surface area contributed by atoms with E-state index in [1.165, 1.54) is 23.1 Å². The highest BCUT2D eigenvalue weighted by molar-refractivity contribution is 9.11. The molecule has 1 aromatic heterocycles. The number of halogens is 1. The molecule has 1 fully saturated rings. The molecule has 1 aromatic carbocycles. The Labute approximate surface area is 114 Å². The molecule has 4 heteroatoms. The average Bonchev–Trinajstić information content (AvgIpc) is 2.69. The summed E-state index contributed by atoms with van der Waals surface area (Å²) in [5.74, 6) is 0.809. The third kappa shape index (κ3) is 2.39. The minimum absolute atomic E-state index is 0.510. The van der Waals surface area contributed by atoms with Crippen molar-refractivity contribution >= 4 is 37.5 Å². The molecule has 0 saturated carbocycles. The maximum absolute atomic E-state index is 4.49. The van der Waals surface area contributed by atoms with Crippen LogP contribution in [0.25, 0.3) is 10.2 Å². The molecule has 2 heterocycles. The van der Waals surface area contributed by atoms with Gasteiger partial charge in [0, 0.05) is 6.04 Å². The fourth-order valence-electron chi connectivity index (χ4n) is 2.42. The van der Waals surface area contributed by atoms with Crippen LogP contribution in [0.2, 0.25) is 0 Å². The molecule has 1 aliphatic rings. The third-order valence-corrected chi connectivity index (χ3v) is 4.94. The number of aromatic nitrogens is 1. The first-order valence-corrected chi connectivity index (χ1v) is 7.62. The third-order valence-electron chi connectivity index (χ3n) is 3.45. The number of fused-ring (bicyclic) bond motifs is 1. The van der Waals surface area contributed by atoms with Crippen LogP contribution in [0, 0.1) is 5.92 Å². The number of hydrogen-bond donors (Lipinski definition) is 1. The Bertz CT molecular complexity index is 529.